The lowest BCUT2D eigenvalue weighted by Crippen LogP contribution is -2.11. The van der Waals surface area contributed by atoms with E-state index in [1.165, 1.54) is 12.0 Å². The standard InChI is InChI=1S/C14H16N2O/c1-2-5-11(6-3-1)9-12-10-14(17-16-12)13-7-4-8-15-13/h1-3,5-6,10,13,15H,4,7-9H2/t13-/m0/s1. The van der Waals surface area contributed by atoms with Crippen molar-refractivity contribution in [1.82, 2.24) is 10.5 Å². The molecule has 0 unspecified atom stereocenters. The molecule has 3 nitrogen and oxygen atoms in total. The lowest BCUT2D eigenvalue weighted by atomic mass is 10.1. The maximum Gasteiger partial charge on any atom is 0.153 e. The van der Waals surface area contributed by atoms with Crippen molar-refractivity contribution in [2.45, 2.75) is 25.3 Å². The largest absolute Gasteiger partial charge is 0.359 e. The second-order valence-corrected chi connectivity index (χ2v) is 4.53. The van der Waals surface area contributed by atoms with E-state index < -0.39 is 0 Å². The van der Waals surface area contributed by atoms with Gasteiger partial charge < -0.3 is 9.84 Å². The number of nitrogens with one attached hydrogen (secondary N) is 1. The highest BCUT2D eigenvalue weighted by molar-refractivity contribution is 5.22. The Morgan fingerprint density at radius 2 is 2.18 bits per heavy atom. The van der Waals surface area contributed by atoms with Gasteiger partial charge in [-0.1, -0.05) is 35.5 Å². The van der Waals surface area contributed by atoms with Crippen LogP contribution in [0.2, 0.25) is 0 Å². The molecule has 1 atom stereocenters. The van der Waals surface area contributed by atoms with Crippen LogP contribution in [0.3, 0.4) is 0 Å². The summed E-state index contributed by atoms with van der Waals surface area (Å²) in [5, 5.41) is 7.56. The number of benzene rings is 1. The molecule has 2 aromatic rings. The van der Waals surface area contributed by atoms with Gasteiger partial charge in [-0.15, -0.1) is 0 Å². The summed E-state index contributed by atoms with van der Waals surface area (Å²) < 4.78 is 5.41. The lowest BCUT2D eigenvalue weighted by molar-refractivity contribution is 0.348. The van der Waals surface area contributed by atoms with Crippen molar-refractivity contribution in [3.8, 4) is 0 Å². The molecule has 88 valence electrons. The summed E-state index contributed by atoms with van der Waals surface area (Å²) in [4.78, 5) is 0. The maximum atomic E-state index is 5.41. The Morgan fingerprint density at radius 1 is 1.29 bits per heavy atom. The molecule has 0 aliphatic carbocycles. The fourth-order valence-corrected chi connectivity index (χ4v) is 2.31. The highest BCUT2D eigenvalue weighted by Gasteiger charge is 2.20. The van der Waals surface area contributed by atoms with Crippen LogP contribution in [-0.2, 0) is 6.42 Å². The summed E-state index contributed by atoms with van der Waals surface area (Å²) in [7, 11) is 0. The van der Waals surface area contributed by atoms with Crippen LogP contribution in [-0.4, -0.2) is 11.7 Å². The zero-order chi connectivity index (χ0) is 11.5. The summed E-state index contributed by atoms with van der Waals surface area (Å²) in [5.41, 5.74) is 2.28. The van der Waals surface area contributed by atoms with E-state index in [9.17, 15) is 0 Å². The molecule has 0 amide bonds. The first-order valence-corrected chi connectivity index (χ1v) is 6.14. The second kappa shape index (κ2) is 4.72. The van der Waals surface area contributed by atoms with Crippen molar-refractivity contribution in [1.29, 1.82) is 0 Å². The molecular weight excluding hydrogens is 212 g/mol. The zero-order valence-corrected chi connectivity index (χ0v) is 9.73. The molecular formula is C14H16N2O. The van der Waals surface area contributed by atoms with Gasteiger partial charge in [0, 0.05) is 12.5 Å². The highest BCUT2D eigenvalue weighted by atomic mass is 16.5. The summed E-state index contributed by atoms with van der Waals surface area (Å²) in [6.45, 7) is 1.08. The van der Waals surface area contributed by atoms with E-state index in [2.05, 4.69) is 40.8 Å². The zero-order valence-electron chi connectivity index (χ0n) is 9.73. The molecule has 1 aliphatic rings. The van der Waals surface area contributed by atoms with Gasteiger partial charge in [0.1, 0.15) is 0 Å². The molecule has 1 aromatic heterocycles. The topological polar surface area (TPSA) is 38.1 Å². The van der Waals surface area contributed by atoms with Crippen molar-refractivity contribution in [2.75, 3.05) is 6.54 Å². The molecule has 0 radical (unpaired) electrons. The third kappa shape index (κ3) is 2.39. The van der Waals surface area contributed by atoms with Crippen LogP contribution in [0.25, 0.3) is 0 Å². The van der Waals surface area contributed by atoms with Crippen LogP contribution in [0.5, 0.6) is 0 Å². The molecule has 2 heterocycles. The minimum absolute atomic E-state index is 0.368. The fraction of sp³-hybridized carbons (Fsp3) is 0.357. The summed E-state index contributed by atoms with van der Waals surface area (Å²) in [6, 6.07) is 12.8. The van der Waals surface area contributed by atoms with Crippen LogP contribution in [0.15, 0.2) is 40.9 Å². The van der Waals surface area contributed by atoms with Crippen LogP contribution in [0.1, 0.15) is 35.9 Å². The van der Waals surface area contributed by atoms with Crippen molar-refractivity contribution < 1.29 is 4.52 Å². The molecule has 17 heavy (non-hydrogen) atoms. The van der Waals surface area contributed by atoms with Gasteiger partial charge in [-0.3, -0.25) is 0 Å². The fourth-order valence-electron chi connectivity index (χ4n) is 2.31. The van der Waals surface area contributed by atoms with Crippen LogP contribution in [0.4, 0.5) is 0 Å². The molecule has 1 saturated heterocycles. The molecule has 1 aliphatic heterocycles. The van der Waals surface area contributed by atoms with E-state index in [0.717, 1.165) is 30.8 Å². The lowest BCUT2D eigenvalue weighted by Gasteiger charge is -2.02. The van der Waals surface area contributed by atoms with E-state index in [4.69, 9.17) is 4.52 Å². The Labute approximate surface area is 101 Å². The number of hydrogen-bond acceptors (Lipinski definition) is 3. The van der Waals surface area contributed by atoms with Crippen LogP contribution >= 0.6 is 0 Å². The molecule has 1 N–H and O–H groups in total. The quantitative estimate of drug-likeness (QED) is 0.877. The van der Waals surface area contributed by atoms with Gasteiger partial charge >= 0.3 is 0 Å². The number of hydrogen-bond donors (Lipinski definition) is 1. The molecule has 1 fully saturated rings. The SMILES string of the molecule is c1ccc(Cc2cc([C@@H]3CCCN3)on2)cc1. The Bertz CT molecular complexity index is 472. The van der Waals surface area contributed by atoms with E-state index in [1.807, 2.05) is 6.07 Å². The summed E-state index contributed by atoms with van der Waals surface area (Å²) in [6.07, 6.45) is 3.22. The Hall–Kier alpha value is -1.61. The molecule has 3 rings (SSSR count). The summed E-state index contributed by atoms with van der Waals surface area (Å²) in [5.74, 6) is 0.980. The van der Waals surface area contributed by atoms with E-state index >= 15 is 0 Å². The first kappa shape index (κ1) is 10.5. The number of nitrogens with zero attached hydrogens (tertiary/aromatic N) is 1. The van der Waals surface area contributed by atoms with Gasteiger partial charge in [0.2, 0.25) is 0 Å². The second-order valence-electron chi connectivity index (χ2n) is 4.53. The van der Waals surface area contributed by atoms with Gasteiger partial charge in [0.15, 0.2) is 5.76 Å². The third-order valence-electron chi connectivity index (χ3n) is 3.21. The Morgan fingerprint density at radius 3 is 2.94 bits per heavy atom. The Balaban J connectivity index is 1.72. The van der Waals surface area contributed by atoms with Crippen molar-refractivity contribution in [2.24, 2.45) is 0 Å². The monoisotopic (exact) mass is 228 g/mol. The van der Waals surface area contributed by atoms with E-state index in [-0.39, 0.29) is 0 Å². The minimum atomic E-state index is 0.368. The smallest absolute Gasteiger partial charge is 0.153 e. The average Bonchev–Trinajstić information content (AvgIpc) is 3.00. The third-order valence-corrected chi connectivity index (χ3v) is 3.21. The summed E-state index contributed by atoms with van der Waals surface area (Å²) >= 11 is 0. The molecule has 0 spiro atoms. The van der Waals surface area contributed by atoms with Gasteiger partial charge in [0.05, 0.1) is 11.7 Å². The van der Waals surface area contributed by atoms with Gasteiger partial charge in [0.25, 0.3) is 0 Å². The van der Waals surface area contributed by atoms with Crippen LogP contribution in [0, 0.1) is 0 Å². The minimum Gasteiger partial charge on any atom is -0.359 e. The first-order valence-electron chi connectivity index (χ1n) is 6.14. The van der Waals surface area contributed by atoms with Gasteiger partial charge in [-0.2, -0.15) is 0 Å². The van der Waals surface area contributed by atoms with Crippen molar-refractivity contribution in [3.63, 3.8) is 0 Å². The van der Waals surface area contributed by atoms with Crippen LogP contribution < -0.4 is 5.32 Å². The number of aromatic nitrogens is 1. The van der Waals surface area contributed by atoms with Gasteiger partial charge in [-0.25, -0.2) is 0 Å². The Kier molecular flexibility index (Phi) is 2.92. The maximum absolute atomic E-state index is 5.41. The molecule has 0 saturated carbocycles. The normalized spacial score (nSPS) is 19.6. The highest BCUT2D eigenvalue weighted by Crippen LogP contribution is 2.24. The molecule has 3 heteroatoms. The molecule has 1 aromatic carbocycles. The predicted molar refractivity (Wildman–Crippen MR) is 65.7 cm³/mol. The number of rotatable bonds is 3. The van der Waals surface area contributed by atoms with Crippen molar-refractivity contribution in [3.05, 3.63) is 53.4 Å². The first-order chi connectivity index (χ1) is 8.42. The average molecular weight is 228 g/mol. The molecule has 0 bridgehead atoms. The van der Waals surface area contributed by atoms with E-state index in [0.29, 0.717) is 6.04 Å². The van der Waals surface area contributed by atoms with Gasteiger partial charge in [-0.05, 0) is 24.9 Å². The van der Waals surface area contributed by atoms with Crippen molar-refractivity contribution >= 4 is 0 Å². The predicted octanol–water partition coefficient (Wildman–Crippen LogP) is 2.69. The van der Waals surface area contributed by atoms with E-state index in [1.54, 1.807) is 0 Å².